The fraction of sp³-hybridized carbons (Fsp3) is 0.0667. The predicted molar refractivity (Wildman–Crippen MR) is 91.2 cm³/mol. The lowest BCUT2D eigenvalue weighted by Crippen LogP contribution is -2.17. The fourth-order valence-corrected chi connectivity index (χ4v) is 2.84. The van der Waals surface area contributed by atoms with Crippen LogP contribution in [0.5, 0.6) is 0 Å². The molecule has 0 fully saturated rings. The Labute approximate surface area is 162 Å². The Kier molecular flexibility index (Phi) is 5.16. The second kappa shape index (κ2) is 7.24. The Morgan fingerprint density at radius 3 is 2.48 bits per heavy atom. The Hall–Kier alpha value is -2.53. The largest absolute Gasteiger partial charge is 0.420 e. The van der Waals surface area contributed by atoms with Gasteiger partial charge in [-0.1, -0.05) is 11.6 Å². The Morgan fingerprint density at radius 1 is 1.19 bits per heavy atom. The lowest BCUT2D eigenvalue weighted by atomic mass is 10.2. The number of amides is 1. The molecule has 3 rings (SSSR count). The van der Waals surface area contributed by atoms with Crippen molar-refractivity contribution in [3.63, 3.8) is 0 Å². The number of carbonyl (C=O) groups is 1. The van der Waals surface area contributed by atoms with Crippen molar-refractivity contribution in [2.45, 2.75) is 6.18 Å². The molecule has 0 aliphatic heterocycles. The first kappa shape index (κ1) is 19.2. The normalized spacial score (nSPS) is 11.5. The highest BCUT2D eigenvalue weighted by molar-refractivity contribution is 9.10. The number of hydrogen-bond acceptors (Lipinski definition) is 4. The lowest BCUT2D eigenvalue weighted by Gasteiger charge is -2.13. The van der Waals surface area contributed by atoms with E-state index in [1.54, 1.807) is 0 Å². The van der Waals surface area contributed by atoms with E-state index in [0.29, 0.717) is 10.9 Å². The standard InChI is InChI=1S/C15H7BrClF4N5O/c16-10-5-11(17)8(4-12(10)18)14(27)25-7-3-9(15(19,20)21)13(22-6-7)26-23-1-2-24-26/h1-6H,(H,25,27). The van der Waals surface area contributed by atoms with Gasteiger partial charge in [0.1, 0.15) is 11.4 Å². The molecule has 0 radical (unpaired) electrons. The van der Waals surface area contributed by atoms with Crippen LogP contribution in [0.4, 0.5) is 23.2 Å². The molecule has 12 heteroatoms. The van der Waals surface area contributed by atoms with Gasteiger partial charge in [-0.2, -0.15) is 23.4 Å². The number of benzene rings is 1. The van der Waals surface area contributed by atoms with E-state index in [1.165, 1.54) is 12.4 Å². The number of hydrogen-bond donors (Lipinski definition) is 1. The third-order valence-corrected chi connectivity index (χ3v) is 4.21. The minimum absolute atomic E-state index is 0.0427. The molecule has 6 nitrogen and oxygen atoms in total. The molecule has 0 unspecified atom stereocenters. The molecule has 3 aromatic rings. The molecule has 0 spiro atoms. The van der Waals surface area contributed by atoms with E-state index in [4.69, 9.17) is 11.6 Å². The third-order valence-electron chi connectivity index (χ3n) is 3.29. The summed E-state index contributed by atoms with van der Waals surface area (Å²) in [4.78, 5) is 16.6. The van der Waals surface area contributed by atoms with E-state index in [1.807, 2.05) is 0 Å². The summed E-state index contributed by atoms with van der Waals surface area (Å²) in [5.74, 6) is -2.21. The quantitative estimate of drug-likeness (QED) is 0.458. The van der Waals surface area contributed by atoms with Crippen molar-refractivity contribution in [2.75, 3.05) is 5.32 Å². The number of pyridine rings is 1. The number of rotatable bonds is 3. The van der Waals surface area contributed by atoms with E-state index in [2.05, 4.69) is 36.4 Å². The van der Waals surface area contributed by atoms with Crippen LogP contribution < -0.4 is 5.32 Å². The topological polar surface area (TPSA) is 72.7 Å². The Morgan fingerprint density at radius 2 is 1.85 bits per heavy atom. The zero-order valence-corrected chi connectivity index (χ0v) is 15.3. The van der Waals surface area contributed by atoms with E-state index < -0.39 is 29.3 Å². The molecule has 0 saturated carbocycles. The van der Waals surface area contributed by atoms with Crippen LogP contribution in [-0.2, 0) is 6.18 Å². The highest BCUT2D eigenvalue weighted by atomic mass is 79.9. The Bertz CT molecular complexity index is 1010. The third kappa shape index (κ3) is 4.08. The monoisotopic (exact) mass is 463 g/mol. The summed E-state index contributed by atoms with van der Waals surface area (Å²) in [6.45, 7) is 0. The summed E-state index contributed by atoms with van der Waals surface area (Å²) in [6.07, 6.45) is -1.39. The molecule has 0 saturated heterocycles. The maximum absolute atomic E-state index is 13.6. The van der Waals surface area contributed by atoms with Crippen molar-refractivity contribution in [1.29, 1.82) is 0 Å². The van der Waals surface area contributed by atoms with Crippen LogP contribution in [0.2, 0.25) is 5.02 Å². The minimum atomic E-state index is -4.78. The van der Waals surface area contributed by atoms with E-state index in [9.17, 15) is 22.4 Å². The van der Waals surface area contributed by atoms with Gasteiger partial charge >= 0.3 is 6.18 Å². The number of aromatic nitrogens is 4. The summed E-state index contributed by atoms with van der Waals surface area (Å²) < 4.78 is 53.7. The van der Waals surface area contributed by atoms with Crippen molar-refractivity contribution in [1.82, 2.24) is 20.0 Å². The summed E-state index contributed by atoms with van der Waals surface area (Å²) in [5.41, 5.74) is -1.67. The van der Waals surface area contributed by atoms with Gasteiger partial charge in [-0.15, -0.1) is 4.80 Å². The molecule has 140 valence electrons. The minimum Gasteiger partial charge on any atom is -0.321 e. The van der Waals surface area contributed by atoms with Crippen LogP contribution in [0.3, 0.4) is 0 Å². The highest BCUT2D eigenvalue weighted by Crippen LogP contribution is 2.34. The number of nitrogens with zero attached hydrogens (tertiary/aromatic N) is 4. The molecule has 0 bridgehead atoms. The molecule has 0 atom stereocenters. The SMILES string of the molecule is O=C(Nc1cnc(-n2nccn2)c(C(F)(F)F)c1)c1cc(F)c(Br)cc1Cl. The summed E-state index contributed by atoms with van der Waals surface area (Å²) in [7, 11) is 0. The summed E-state index contributed by atoms with van der Waals surface area (Å²) in [6, 6.07) is 2.70. The van der Waals surface area contributed by atoms with Crippen LogP contribution in [0.25, 0.3) is 5.82 Å². The van der Waals surface area contributed by atoms with E-state index >= 15 is 0 Å². The van der Waals surface area contributed by atoms with Gasteiger partial charge in [0.25, 0.3) is 5.91 Å². The molecule has 1 amide bonds. The number of halogens is 6. The molecular formula is C15H7BrClF4N5O. The first-order valence-corrected chi connectivity index (χ1v) is 8.23. The first-order chi connectivity index (χ1) is 12.7. The van der Waals surface area contributed by atoms with E-state index in [-0.39, 0.29) is 20.7 Å². The van der Waals surface area contributed by atoms with Crippen molar-refractivity contribution in [3.8, 4) is 5.82 Å². The highest BCUT2D eigenvalue weighted by Gasteiger charge is 2.36. The molecule has 2 heterocycles. The first-order valence-electron chi connectivity index (χ1n) is 7.06. The fourth-order valence-electron chi connectivity index (χ4n) is 2.11. The second-order valence-corrected chi connectivity index (χ2v) is 6.37. The van der Waals surface area contributed by atoms with E-state index in [0.717, 1.165) is 18.3 Å². The molecule has 1 N–H and O–H groups in total. The number of carbonyl (C=O) groups excluding carboxylic acids is 1. The van der Waals surface area contributed by atoms with Gasteiger partial charge in [-0.25, -0.2) is 9.37 Å². The van der Waals surface area contributed by atoms with Crippen molar-refractivity contribution in [2.24, 2.45) is 0 Å². The van der Waals surface area contributed by atoms with Crippen LogP contribution in [0.1, 0.15) is 15.9 Å². The summed E-state index contributed by atoms with van der Waals surface area (Å²) >= 11 is 8.80. The van der Waals surface area contributed by atoms with Gasteiger partial charge in [-0.05, 0) is 34.1 Å². The zero-order chi connectivity index (χ0) is 19.8. The van der Waals surface area contributed by atoms with Gasteiger partial charge in [0.05, 0.1) is 39.3 Å². The van der Waals surface area contributed by atoms with Crippen molar-refractivity contribution < 1.29 is 22.4 Å². The Balaban J connectivity index is 1.96. The molecule has 27 heavy (non-hydrogen) atoms. The van der Waals surface area contributed by atoms with Gasteiger partial charge < -0.3 is 5.32 Å². The molecule has 1 aromatic carbocycles. The average Bonchev–Trinajstić information content (AvgIpc) is 3.11. The van der Waals surface area contributed by atoms with Crippen LogP contribution in [0, 0.1) is 5.82 Å². The lowest BCUT2D eigenvalue weighted by molar-refractivity contribution is -0.137. The second-order valence-electron chi connectivity index (χ2n) is 5.11. The summed E-state index contributed by atoms with van der Waals surface area (Å²) in [5, 5.41) is 9.37. The molecule has 2 aromatic heterocycles. The smallest absolute Gasteiger partial charge is 0.321 e. The van der Waals surface area contributed by atoms with Crippen LogP contribution in [-0.4, -0.2) is 25.9 Å². The maximum Gasteiger partial charge on any atom is 0.420 e. The zero-order valence-electron chi connectivity index (χ0n) is 12.9. The predicted octanol–water partition coefficient (Wildman–Crippen LogP) is 4.49. The van der Waals surface area contributed by atoms with Gasteiger partial charge in [0.2, 0.25) is 0 Å². The number of alkyl halides is 3. The average molecular weight is 465 g/mol. The van der Waals surface area contributed by atoms with Gasteiger partial charge in [0.15, 0.2) is 5.82 Å². The van der Waals surface area contributed by atoms with Crippen LogP contribution in [0.15, 0.2) is 41.3 Å². The molecule has 0 aliphatic carbocycles. The van der Waals surface area contributed by atoms with Gasteiger partial charge in [-0.3, -0.25) is 4.79 Å². The maximum atomic E-state index is 13.6. The molecule has 0 aliphatic rings. The van der Waals surface area contributed by atoms with Crippen molar-refractivity contribution >= 4 is 39.1 Å². The molecular weight excluding hydrogens is 458 g/mol. The number of anilines is 1. The van der Waals surface area contributed by atoms with Crippen LogP contribution >= 0.6 is 27.5 Å². The van der Waals surface area contributed by atoms with Gasteiger partial charge in [0, 0.05) is 0 Å². The van der Waals surface area contributed by atoms with Crippen molar-refractivity contribution in [3.05, 3.63) is 63.2 Å². The number of nitrogens with one attached hydrogen (secondary N) is 1.